The summed E-state index contributed by atoms with van der Waals surface area (Å²) in [6.07, 6.45) is 2.87. The maximum Gasteiger partial charge on any atom is 0.417 e. The quantitative estimate of drug-likeness (QED) is 0.661. The van der Waals surface area contributed by atoms with Crippen LogP contribution in [0.3, 0.4) is 0 Å². The molecule has 2 heterocycles. The van der Waals surface area contributed by atoms with Gasteiger partial charge >= 0.3 is 6.09 Å². The van der Waals surface area contributed by atoms with E-state index in [1.165, 1.54) is 4.90 Å². The Kier molecular flexibility index (Phi) is 2.90. The van der Waals surface area contributed by atoms with Gasteiger partial charge < -0.3 is 14.6 Å². The normalized spacial score (nSPS) is 35.7. The molecule has 0 aromatic carbocycles. The van der Waals surface area contributed by atoms with Crippen molar-refractivity contribution >= 4 is 6.09 Å². The minimum absolute atomic E-state index is 0.0252. The molecule has 0 aromatic heterocycles. The van der Waals surface area contributed by atoms with E-state index < -0.39 is 12.3 Å². The van der Waals surface area contributed by atoms with Crippen molar-refractivity contribution in [2.75, 3.05) is 6.61 Å². The first-order valence-electron chi connectivity index (χ1n) is 4.90. The summed E-state index contributed by atoms with van der Waals surface area (Å²) in [4.78, 5) is 12.8. The van der Waals surface area contributed by atoms with Crippen LogP contribution >= 0.6 is 0 Å². The number of carbonyl (C=O) groups excluding carboxylic acids is 1. The third kappa shape index (κ3) is 2.11. The second-order valence-electron chi connectivity index (χ2n) is 3.57. The van der Waals surface area contributed by atoms with Crippen molar-refractivity contribution in [2.24, 2.45) is 5.73 Å². The average molecular weight is 214 g/mol. The molecule has 2 rings (SSSR count). The van der Waals surface area contributed by atoms with E-state index in [9.17, 15) is 4.79 Å². The van der Waals surface area contributed by atoms with Gasteiger partial charge in [-0.3, -0.25) is 10.6 Å². The predicted molar refractivity (Wildman–Crippen MR) is 50.4 cm³/mol. The van der Waals surface area contributed by atoms with Crippen LogP contribution in [-0.2, 0) is 9.47 Å². The summed E-state index contributed by atoms with van der Waals surface area (Å²) in [5.41, 5.74) is 5.40. The first-order chi connectivity index (χ1) is 7.20. The highest BCUT2D eigenvalue weighted by atomic mass is 16.6. The van der Waals surface area contributed by atoms with Crippen molar-refractivity contribution in [3.63, 3.8) is 0 Å². The summed E-state index contributed by atoms with van der Waals surface area (Å²) >= 11 is 0. The monoisotopic (exact) mass is 214 g/mol. The molecule has 0 radical (unpaired) electrons. The number of aliphatic hydroxyl groups excluding tert-OH is 1. The topological polar surface area (TPSA) is 85.0 Å². The van der Waals surface area contributed by atoms with E-state index in [-0.39, 0.29) is 18.9 Å². The minimum atomic E-state index is -0.677. The van der Waals surface area contributed by atoms with Crippen LogP contribution in [0.1, 0.15) is 12.8 Å². The Balaban J connectivity index is 1.99. The Bertz CT molecular complexity index is 281. The molecule has 2 aliphatic heterocycles. The van der Waals surface area contributed by atoms with E-state index >= 15 is 0 Å². The predicted octanol–water partition coefficient (Wildman–Crippen LogP) is -0.266. The molecule has 1 unspecified atom stereocenters. The first kappa shape index (κ1) is 10.4. The van der Waals surface area contributed by atoms with Crippen LogP contribution < -0.4 is 5.73 Å². The molecule has 3 atom stereocenters. The van der Waals surface area contributed by atoms with E-state index in [1.54, 1.807) is 12.3 Å². The van der Waals surface area contributed by atoms with Gasteiger partial charge in [0.15, 0.2) is 6.23 Å². The van der Waals surface area contributed by atoms with Gasteiger partial charge in [-0.1, -0.05) is 0 Å². The number of ether oxygens (including phenoxy) is 2. The van der Waals surface area contributed by atoms with Crippen LogP contribution in [0.5, 0.6) is 0 Å². The smallest absolute Gasteiger partial charge is 0.417 e. The van der Waals surface area contributed by atoms with Crippen LogP contribution in [0.4, 0.5) is 4.79 Å². The molecular formula is C9H14N2O4. The zero-order valence-corrected chi connectivity index (χ0v) is 8.20. The van der Waals surface area contributed by atoms with E-state index in [4.69, 9.17) is 20.3 Å². The summed E-state index contributed by atoms with van der Waals surface area (Å²) in [6.45, 7) is -0.0252. The van der Waals surface area contributed by atoms with Crippen molar-refractivity contribution < 1.29 is 19.4 Å². The average Bonchev–Trinajstić information content (AvgIpc) is 2.66. The number of carbonyl (C=O) groups is 1. The number of amides is 1. The number of aliphatic hydroxyl groups is 1. The molecule has 0 spiro atoms. The highest BCUT2D eigenvalue weighted by molar-refractivity contribution is 5.70. The minimum Gasteiger partial charge on any atom is -0.426 e. The molecule has 1 amide bonds. The SMILES string of the molecule is NC1C=CN([C@H]2CC[C@@H](CO)O2)C(=O)O1. The summed E-state index contributed by atoms with van der Waals surface area (Å²) in [5, 5.41) is 8.89. The number of cyclic esters (lactones) is 1. The highest BCUT2D eigenvalue weighted by Gasteiger charge is 2.34. The van der Waals surface area contributed by atoms with Crippen molar-refractivity contribution in [3.8, 4) is 0 Å². The second-order valence-corrected chi connectivity index (χ2v) is 3.57. The summed E-state index contributed by atoms with van der Waals surface area (Å²) in [6, 6.07) is 0. The first-order valence-corrected chi connectivity index (χ1v) is 4.90. The maximum absolute atomic E-state index is 11.4. The van der Waals surface area contributed by atoms with Crippen molar-refractivity contribution in [1.82, 2.24) is 4.90 Å². The standard InChI is InChI=1S/C9H14N2O4/c10-7-3-4-11(9(13)15-7)8-2-1-6(5-12)14-8/h3-4,6-8,12H,1-2,5,10H2/t6-,7?,8+/m0/s1. The van der Waals surface area contributed by atoms with Gasteiger partial charge in [-0.15, -0.1) is 0 Å². The lowest BCUT2D eigenvalue weighted by Gasteiger charge is -2.28. The molecular weight excluding hydrogens is 200 g/mol. The summed E-state index contributed by atoms with van der Waals surface area (Å²) < 4.78 is 10.3. The van der Waals surface area contributed by atoms with E-state index in [0.29, 0.717) is 6.42 Å². The van der Waals surface area contributed by atoms with Crippen LogP contribution in [0.25, 0.3) is 0 Å². The van der Waals surface area contributed by atoms with E-state index in [0.717, 1.165) is 6.42 Å². The fourth-order valence-electron chi connectivity index (χ4n) is 1.69. The fourth-order valence-corrected chi connectivity index (χ4v) is 1.69. The third-order valence-corrected chi connectivity index (χ3v) is 2.48. The molecule has 3 N–H and O–H groups in total. The number of rotatable bonds is 2. The Morgan fingerprint density at radius 1 is 1.60 bits per heavy atom. The Morgan fingerprint density at radius 3 is 3.00 bits per heavy atom. The Hall–Kier alpha value is -1.11. The van der Waals surface area contributed by atoms with Crippen molar-refractivity contribution in [3.05, 3.63) is 12.3 Å². The fraction of sp³-hybridized carbons (Fsp3) is 0.667. The molecule has 1 fully saturated rings. The maximum atomic E-state index is 11.4. The molecule has 6 heteroatoms. The lowest BCUT2D eigenvalue weighted by Crippen LogP contribution is -2.43. The van der Waals surface area contributed by atoms with Crippen LogP contribution in [0.15, 0.2) is 12.3 Å². The van der Waals surface area contributed by atoms with E-state index in [2.05, 4.69) is 0 Å². The highest BCUT2D eigenvalue weighted by Crippen LogP contribution is 2.24. The zero-order chi connectivity index (χ0) is 10.8. The molecule has 15 heavy (non-hydrogen) atoms. The lowest BCUT2D eigenvalue weighted by molar-refractivity contribution is -0.0532. The molecule has 1 saturated heterocycles. The summed E-state index contributed by atoms with van der Waals surface area (Å²) in [5.74, 6) is 0. The largest absolute Gasteiger partial charge is 0.426 e. The molecule has 84 valence electrons. The zero-order valence-electron chi connectivity index (χ0n) is 8.20. The molecule has 2 aliphatic rings. The van der Waals surface area contributed by atoms with Gasteiger partial charge in [-0.25, -0.2) is 4.79 Å². The molecule has 0 saturated carbocycles. The van der Waals surface area contributed by atoms with Gasteiger partial charge in [0.05, 0.1) is 12.7 Å². The van der Waals surface area contributed by atoms with Crippen LogP contribution in [0, 0.1) is 0 Å². The van der Waals surface area contributed by atoms with Gasteiger partial charge in [-0.05, 0) is 18.9 Å². The van der Waals surface area contributed by atoms with Crippen LogP contribution in [-0.4, -0.2) is 41.3 Å². The van der Waals surface area contributed by atoms with Gasteiger partial charge in [0.1, 0.15) is 6.23 Å². The number of nitrogens with two attached hydrogens (primary N) is 1. The number of nitrogens with zero attached hydrogens (tertiary/aromatic N) is 1. The third-order valence-electron chi connectivity index (χ3n) is 2.48. The van der Waals surface area contributed by atoms with Gasteiger partial charge in [0, 0.05) is 6.20 Å². The van der Waals surface area contributed by atoms with Gasteiger partial charge in [-0.2, -0.15) is 0 Å². The van der Waals surface area contributed by atoms with Gasteiger partial charge in [0.2, 0.25) is 0 Å². The second kappa shape index (κ2) is 4.18. The molecule has 0 bridgehead atoms. The molecule has 0 aromatic rings. The summed E-state index contributed by atoms with van der Waals surface area (Å²) in [7, 11) is 0. The Morgan fingerprint density at radius 2 is 2.40 bits per heavy atom. The van der Waals surface area contributed by atoms with Crippen molar-refractivity contribution in [1.29, 1.82) is 0 Å². The van der Waals surface area contributed by atoms with Gasteiger partial charge in [0.25, 0.3) is 0 Å². The number of hydrogen-bond acceptors (Lipinski definition) is 5. The molecule has 0 aliphatic carbocycles. The lowest BCUT2D eigenvalue weighted by atomic mass is 10.2. The van der Waals surface area contributed by atoms with E-state index in [1.807, 2.05) is 0 Å². The van der Waals surface area contributed by atoms with Crippen molar-refractivity contribution in [2.45, 2.75) is 31.4 Å². The number of hydrogen-bond donors (Lipinski definition) is 2. The Labute approximate surface area is 87.2 Å². The van der Waals surface area contributed by atoms with Crippen LogP contribution in [0.2, 0.25) is 0 Å². The molecule has 6 nitrogen and oxygen atoms in total.